The average Bonchev–Trinajstić information content (AvgIpc) is 3.03. The van der Waals surface area contributed by atoms with Crippen molar-refractivity contribution in [3.63, 3.8) is 0 Å². The van der Waals surface area contributed by atoms with Crippen molar-refractivity contribution in [2.45, 2.75) is 32.0 Å². The minimum atomic E-state index is -1.07. The van der Waals surface area contributed by atoms with Crippen LogP contribution in [-0.2, 0) is 27.2 Å². The maximum Gasteiger partial charge on any atom is 0.334 e. The molecule has 1 aliphatic rings. The highest BCUT2D eigenvalue weighted by molar-refractivity contribution is 7.09. The Morgan fingerprint density at radius 2 is 2.08 bits per heavy atom. The quantitative estimate of drug-likeness (QED) is 0.862. The summed E-state index contributed by atoms with van der Waals surface area (Å²) in [6.45, 7) is 2.17. The summed E-state index contributed by atoms with van der Waals surface area (Å²) in [5.74, 6) is -1.51. The Kier molecular flexibility index (Phi) is 5.63. The fourth-order valence-electron chi connectivity index (χ4n) is 2.85. The molecule has 26 heavy (non-hydrogen) atoms. The standard InChI is InChI=1S/C18H19FN2O4S/c1-11-8-21(9-15(25-11)18(23)24)17(22)7-14-10-26-16(20-14)6-12-2-4-13(19)5-3-12/h2-5,10-11,15H,6-9H2,1H3,(H,23,24)/t11-,15?/m1/s1. The lowest BCUT2D eigenvalue weighted by Gasteiger charge is -2.34. The number of morpholine rings is 1. The summed E-state index contributed by atoms with van der Waals surface area (Å²) in [7, 11) is 0. The molecule has 1 aliphatic heterocycles. The van der Waals surface area contributed by atoms with Crippen LogP contribution in [-0.4, -0.2) is 52.2 Å². The maximum absolute atomic E-state index is 13.0. The van der Waals surface area contributed by atoms with Crippen LogP contribution in [0.4, 0.5) is 4.39 Å². The Balaban J connectivity index is 1.60. The SMILES string of the molecule is C[C@@H]1CN(C(=O)Cc2csc(Cc3ccc(F)cc3)n2)CC(C(=O)O)O1. The van der Waals surface area contributed by atoms with Crippen molar-refractivity contribution in [2.75, 3.05) is 13.1 Å². The van der Waals surface area contributed by atoms with Gasteiger partial charge < -0.3 is 14.7 Å². The van der Waals surface area contributed by atoms with Gasteiger partial charge in [0.05, 0.1) is 29.8 Å². The van der Waals surface area contributed by atoms with Crippen LogP contribution < -0.4 is 0 Å². The minimum Gasteiger partial charge on any atom is -0.479 e. The van der Waals surface area contributed by atoms with Crippen LogP contribution in [0.15, 0.2) is 29.6 Å². The van der Waals surface area contributed by atoms with Gasteiger partial charge in [-0.15, -0.1) is 11.3 Å². The van der Waals surface area contributed by atoms with Crippen LogP contribution in [0.5, 0.6) is 0 Å². The van der Waals surface area contributed by atoms with E-state index in [4.69, 9.17) is 9.84 Å². The molecule has 1 fully saturated rings. The summed E-state index contributed by atoms with van der Waals surface area (Å²) in [5, 5.41) is 11.8. The molecule has 1 aromatic carbocycles. The number of aliphatic carboxylic acids is 1. The van der Waals surface area contributed by atoms with Gasteiger partial charge in [0.1, 0.15) is 5.82 Å². The van der Waals surface area contributed by atoms with Crippen molar-refractivity contribution in [1.82, 2.24) is 9.88 Å². The zero-order chi connectivity index (χ0) is 18.7. The number of carbonyl (C=O) groups excluding carboxylic acids is 1. The van der Waals surface area contributed by atoms with Crippen molar-refractivity contribution in [3.8, 4) is 0 Å². The van der Waals surface area contributed by atoms with E-state index in [1.807, 2.05) is 5.38 Å². The third kappa shape index (κ3) is 4.64. The van der Waals surface area contributed by atoms with Gasteiger partial charge in [0, 0.05) is 18.3 Å². The van der Waals surface area contributed by atoms with Gasteiger partial charge >= 0.3 is 5.97 Å². The third-order valence-corrected chi connectivity index (χ3v) is 4.99. The number of halogens is 1. The monoisotopic (exact) mass is 378 g/mol. The van der Waals surface area contributed by atoms with Crippen LogP contribution in [0.3, 0.4) is 0 Å². The molecular formula is C18H19FN2O4S. The highest BCUT2D eigenvalue weighted by Crippen LogP contribution is 2.18. The largest absolute Gasteiger partial charge is 0.479 e. The van der Waals surface area contributed by atoms with E-state index in [-0.39, 0.29) is 30.8 Å². The second-order valence-corrected chi connectivity index (χ2v) is 7.23. The lowest BCUT2D eigenvalue weighted by atomic mass is 10.1. The van der Waals surface area contributed by atoms with Crippen molar-refractivity contribution >= 4 is 23.2 Å². The summed E-state index contributed by atoms with van der Waals surface area (Å²) in [6, 6.07) is 6.24. The van der Waals surface area contributed by atoms with Crippen LogP contribution in [0.25, 0.3) is 0 Å². The molecular weight excluding hydrogens is 359 g/mol. The summed E-state index contributed by atoms with van der Waals surface area (Å²) < 4.78 is 18.3. The maximum atomic E-state index is 13.0. The third-order valence-electron chi connectivity index (χ3n) is 4.09. The first-order valence-corrected chi connectivity index (χ1v) is 9.12. The number of carboxylic acids is 1. The number of amides is 1. The molecule has 0 spiro atoms. The highest BCUT2D eigenvalue weighted by atomic mass is 32.1. The number of rotatable bonds is 5. The molecule has 1 aromatic heterocycles. The molecule has 0 aliphatic carbocycles. The molecule has 2 heterocycles. The van der Waals surface area contributed by atoms with Gasteiger partial charge in [-0.25, -0.2) is 14.2 Å². The lowest BCUT2D eigenvalue weighted by molar-refractivity contribution is -0.166. The highest BCUT2D eigenvalue weighted by Gasteiger charge is 2.32. The molecule has 0 bridgehead atoms. The zero-order valence-electron chi connectivity index (χ0n) is 14.2. The van der Waals surface area contributed by atoms with E-state index >= 15 is 0 Å². The normalized spacial score (nSPS) is 20.2. The second kappa shape index (κ2) is 7.92. The van der Waals surface area contributed by atoms with Crippen molar-refractivity contribution in [2.24, 2.45) is 0 Å². The molecule has 0 radical (unpaired) electrons. The van der Waals surface area contributed by atoms with Crippen molar-refractivity contribution < 1.29 is 23.8 Å². The fourth-order valence-corrected chi connectivity index (χ4v) is 3.67. The Bertz CT molecular complexity index is 793. The van der Waals surface area contributed by atoms with Gasteiger partial charge in [0.2, 0.25) is 5.91 Å². The Hall–Kier alpha value is -2.32. The average molecular weight is 378 g/mol. The van der Waals surface area contributed by atoms with E-state index in [1.54, 1.807) is 19.1 Å². The minimum absolute atomic E-state index is 0.0467. The van der Waals surface area contributed by atoms with Gasteiger partial charge in [-0.2, -0.15) is 0 Å². The lowest BCUT2D eigenvalue weighted by Crippen LogP contribution is -2.52. The van der Waals surface area contributed by atoms with Gasteiger partial charge in [-0.1, -0.05) is 12.1 Å². The number of nitrogens with zero attached hydrogens (tertiary/aromatic N) is 2. The molecule has 1 saturated heterocycles. The van der Waals surface area contributed by atoms with E-state index in [9.17, 15) is 14.0 Å². The summed E-state index contributed by atoms with van der Waals surface area (Å²) in [5.41, 5.74) is 1.60. The van der Waals surface area contributed by atoms with Gasteiger partial charge in [-0.3, -0.25) is 4.79 Å². The summed E-state index contributed by atoms with van der Waals surface area (Å²) >= 11 is 1.45. The van der Waals surface area contributed by atoms with E-state index in [0.717, 1.165) is 10.6 Å². The molecule has 8 heteroatoms. The molecule has 2 aromatic rings. The second-order valence-electron chi connectivity index (χ2n) is 6.28. The Labute approximate surface area is 154 Å². The smallest absolute Gasteiger partial charge is 0.334 e. The fraction of sp³-hybridized carbons (Fsp3) is 0.389. The van der Waals surface area contributed by atoms with E-state index in [0.29, 0.717) is 18.7 Å². The number of hydrogen-bond acceptors (Lipinski definition) is 5. The van der Waals surface area contributed by atoms with Gasteiger partial charge in [0.15, 0.2) is 6.10 Å². The number of hydrogen-bond donors (Lipinski definition) is 1. The number of thiazole rings is 1. The van der Waals surface area contributed by atoms with Crippen LogP contribution in [0.2, 0.25) is 0 Å². The Morgan fingerprint density at radius 1 is 1.35 bits per heavy atom. The number of ether oxygens (including phenoxy) is 1. The van der Waals surface area contributed by atoms with Crippen molar-refractivity contribution in [3.05, 3.63) is 51.7 Å². The van der Waals surface area contributed by atoms with E-state index in [1.165, 1.54) is 28.4 Å². The molecule has 0 saturated carbocycles. The first kappa shape index (κ1) is 18.5. The van der Waals surface area contributed by atoms with Crippen LogP contribution in [0.1, 0.15) is 23.2 Å². The van der Waals surface area contributed by atoms with Gasteiger partial charge in [-0.05, 0) is 24.6 Å². The summed E-state index contributed by atoms with van der Waals surface area (Å²) in [4.78, 5) is 29.6. The topological polar surface area (TPSA) is 79.7 Å². The molecule has 1 N–H and O–H groups in total. The number of carbonyl (C=O) groups is 2. The van der Waals surface area contributed by atoms with Crippen LogP contribution >= 0.6 is 11.3 Å². The number of benzene rings is 1. The molecule has 2 atom stereocenters. The Morgan fingerprint density at radius 3 is 2.77 bits per heavy atom. The van der Waals surface area contributed by atoms with Crippen LogP contribution in [0, 0.1) is 5.82 Å². The first-order chi connectivity index (χ1) is 12.4. The summed E-state index contributed by atoms with van der Waals surface area (Å²) in [6.07, 6.45) is -0.612. The van der Waals surface area contributed by atoms with Gasteiger partial charge in [0.25, 0.3) is 0 Å². The van der Waals surface area contributed by atoms with Crippen molar-refractivity contribution in [1.29, 1.82) is 0 Å². The molecule has 1 unspecified atom stereocenters. The molecule has 6 nitrogen and oxygen atoms in total. The molecule has 1 amide bonds. The molecule has 3 rings (SSSR count). The zero-order valence-corrected chi connectivity index (χ0v) is 15.0. The number of aromatic nitrogens is 1. The predicted octanol–water partition coefficient (Wildman–Crippen LogP) is 2.12. The van der Waals surface area contributed by atoms with E-state index < -0.39 is 12.1 Å². The first-order valence-electron chi connectivity index (χ1n) is 8.24. The van der Waals surface area contributed by atoms with E-state index in [2.05, 4.69) is 4.98 Å². The number of carboxylic acid groups (broad SMARTS) is 1. The molecule has 138 valence electrons. The predicted molar refractivity (Wildman–Crippen MR) is 93.6 cm³/mol.